The predicted octanol–water partition coefficient (Wildman–Crippen LogP) is 0.349. The first-order chi connectivity index (χ1) is 5.74. The molecule has 0 radical (unpaired) electrons. The Morgan fingerprint density at radius 2 is 2.42 bits per heavy atom. The number of aromatic nitrogens is 2. The fourth-order valence-corrected chi connectivity index (χ4v) is 0.542. The summed E-state index contributed by atoms with van der Waals surface area (Å²) in [5.74, 6) is 0. The van der Waals surface area contributed by atoms with Crippen LogP contribution in [-0.4, -0.2) is 34.2 Å². The number of carbonyl (C=O) groups excluding carboxylic acids is 1. The zero-order chi connectivity index (χ0) is 8.97. The average molecular weight is 170 g/mol. The van der Waals surface area contributed by atoms with Crippen molar-refractivity contribution >= 4 is 6.09 Å². The summed E-state index contributed by atoms with van der Waals surface area (Å²) in [6.07, 6.45) is 2.62. The molecule has 1 aromatic heterocycles. The molecule has 0 amide bonds. The monoisotopic (exact) mass is 170 g/mol. The number of nitrogens with one attached hydrogen (secondary N) is 1. The van der Waals surface area contributed by atoms with E-state index in [1.807, 2.05) is 0 Å². The molecule has 12 heavy (non-hydrogen) atoms. The number of aliphatic hydroxyl groups is 1. The molecule has 1 rings (SSSR count). The first-order valence-electron chi connectivity index (χ1n) is 3.40. The highest BCUT2D eigenvalue weighted by atomic mass is 16.6. The third-order valence-electron chi connectivity index (χ3n) is 1.26. The van der Waals surface area contributed by atoms with Crippen molar-refractivity contribution < 1.29 is 14.6 Å². The summed E-state index contributed by atoms with van der Waals surface area (Å²) in [4.78, 5) is 10.9. The van der Waals surface area contributed by atoms with E-state index in [1.54, 1.807) is 6.20 Å². The van der Waals surface area contributed by atoms with Gasteiger partial charge < -0.3 is 9.84 Å². The number of aliphatic hydroxyl groups excluding tert-OH is 1. The second-order valence-corrected chi connectivity index (χ2v) is 2.28. The van der Waals surface area contributed by atoms with Crippen LogP contribution in [0.5, 0.6) is 0 Å². The molecule has 5 nitrogen and oxygen atoms in total. The molecular formula is C7H10N2O3. The molecule has 5 heteroatoms. The molecule has 2 N–H and O–H groups in total. The van der Waals surface area contributed by atoms with Crippen LogP contribution in [0.3, 0.4) is 0 Å². The second-order valence-electron chi connectivity index (χ2n) is 2.28. The Labute approximate surface area is 69.2 Å². The average Bonchev–Trinajstić information content (AvgIpc) is 1.97. The van der Waals surface area contributed by atoms with Crippen molar-refractivity contribution in [3.63, 3.8) is 0 Å². The van der Waals surface area contributed by atoms with E-state index in [4.69, 9.17) is 9.84 Å². The maximum Gasteiger partial charge on any atom is 0.433 e. The van der Waals surface area contributed by atoms with Gasteiger partial charge >= 0.3 is 6.09 Å². The van der Waals surface area contributed by atoms with Crippen molar-refractivity contribution in [1.82, 2.24) is 9.78 Å². The van der Waals surface area contributed by atoms with Gasteiger partial charge in [-0.25, -0.2) is 4.79 Å². The van der Waals surface area contributed by atoms with Gasteiger partial charge in [-0.05, 0) is 5.57 Å². The summed E-state index contributed by atoms with van der Waals surface area (Å²) >= 11 is 0. The molecule has 0 bridgehead atoms. The highest BCUT2D eigenvalue weighted by molar-refractivity contribution is 5.69. The molecule has 0 aromatic carbocycles. The van der Waals surface area contributed by atoms with Crippen molar-refractivity contribution in [2.24, 2.45) is 0 Å². The van der Waals surface area contributed by atoms with Gasteiger partial charge in [0.15, 0.2) is 0 Å². The van der Waals surface area contributed by atoms with E-state index in [1.165, 1.54) is 10.9 Å². The third kappa shape index (κ3) is 2.00. The minimum Gasteiger partial charge on any atom is -0.443 e. The van der Waals surface area contributed by atoms with E-state index >= 15 is 0 Å². The van der Waals surface area contributed by atoms with Gasteiger partial charge in [-0.15, -0.1) is 0 Å². The molecule has 0 spiro atoms. The Kier molecular flexibility index (Phi) is 2.71. The summed E-state index contributed by atoms with van der Waals surface area (Å²) in [7, 11) is 0. The molecule has 0 aliphatic heterocycles. The molecule has 0 saturated carbocycles. The molecule has 0 aliphatic carbocycles. The molecule has 0 unspecified atom stereocenters. The molecule has 0 fully saturated rings. The number of rotatable bonds is 3. The zero-order valence-electron chi connectivity index (χ0n) is 6.49. The van der Waals surface area contributed by atoms with Crippen molar-refractivity contribution in [3.05, 3.63) is 24.5 Å². The molecule has 66 valence electrons. The summed E-state index contributed by atoms with van der Waals surface area (Å²) in [6.45, 7) is 3.34. The van der Waals surface area contributed by atoms with Gasteiger partial charge in [-0.2, -0.15) is 4.68 Å². The summed E-state index contributed by atoms with van der Waals surface area (Å²) in [6, 6.07) is 0. The van der Waals surface area contributed by atoms with Crippen LogP contribution in [0.1, 0.15) is 0 Å². The highest BCUT2D eigenvalue weighted by Crippen LogP contribution is 1.93. The van der Waals surface area contributed by atoms with E-state index < -0.39 is 6.09 Å². The highest BCUT2D eigenvalue weighted by Gasteiger charge is 2.05. The van der Waals surface area contributed by atoms with Crippen molar-refractivity contribution in [2.75, 3.05) is 13.2 Å². The maximum atomic E-state index is 10.9. The van der Waals surface area contributed by atoms with Crippen LogP contribution in [0.2, 0.25) is 0 Å². The summed E-state index contributed by atoms with van der Waals surface area (Å²) < 4.78 is 5.90. The standard InChI is InChI=1S/C7H10N2O3/c1-6(4-10)5-12-7(11)9-3-2-8-9/h2-3,8,10H,1,4-5H2. The van der Waals surface area contributed by atoms with Gasteiger partial charge in [0.2, 0.25) is 0 Å². The number of hydrogen-bond acceptors (Lipinski definition) is 3. The van der Waals surface area contributed by atoms with Gasteiger partial charge in [0.25, 0.3) is 0 Å². The quantitative estimate of drug-likeness (QED) is 0.643. The number of hydrogen-bond donors (Lipinski definition) is 2. The van der Waals surface area contributed by atoms with E-state index in [2.05, 4.69) is 11.7 Å². The first-order valence-corrected chi connectivity index (χ1v) is 3.40. The Bertz CT molecular complexity index is 265. The van der Waals surface area contributed by atoms with Crippen LogP contribution in [-0.2, 0) is 4.74 Å². The lowest BCUT2D eigenvalue weighted by molar-refractivity contribution is 0.148. The molecule has 0 aliphatic rings. The molecule has 1 heterocycles. The molecular weight excluding hydrogens is 160 g/mol. The number of nitrogens with zero attached hydrogens (tertiary/aromatic N) is 1. The zero-order valence-corrected chi connectivity index (χ0v) is 6.49. The Morgan fingerprint density at radius 1 is 1.75 bits per heavy atom. The lowest BCUT2D eigenvalue weighted by Gasteiger charge is -2.08. The largest absolute Gasteiger partial charge is 0.443 e. The Hall–Kier alpha value is -1.49. The van der Waals surface area contributed by atoms with Crippen LogP contribution in [0.4, 0.5) is 4.79 Å². The van der Waals surface area contributed by atoms with E-state index in [0.717, 1.165) is 0 Å². The lowest BCUT2D eigenvalue weighted by Crippen LogP contribution is -2.20. The first kappa shape index (κ1) is 8.61. The van der Waals surface area contributed by atoms with Gasteiger partial charge in [0, 0.05) is 6.20 Å². The van der Waals surface area contributed by atoms with Gasteiger partial charge in [0.1, 0.15) is 6.61 Å². The van der Waals surface area contributed by atoms with E-state index in [-0.39, 0.29) is 13.2 Å². The number of H-pyrrole nitrogens is 1. The van der Waals surface area contributed by atoms with Crippen LogP contribution >= 0.6 is 0 Å². The SMILES string of the molecule is C=C(CO)COC(=O)n1cc[nH]1. The number of carbonyl (C=O) groups is 1. The van der Waals surface area contributed by atoms with Crippen molar-refractivity contribution in [1.29, 1.82) is 0 Å². The van der Waals surface area contributed by atoms with Gasteiger partial charge in [-0.1, -0.05) is 6.58 Å². The van der Waals surface area contributed by atoms with Gasteiger partial charge in [0.05, 0.1) is 12.8 Å². The summed E-state index contributed by atoms with van der Waals surface area (Å²) in [5.41, 5.74) is 0.466. The maximum absolute atomic E-state index is 10.9. The normalized spacial score (nSPS) is 9.75. The van der Waals surface area contributed by atoms with Crippen LogP contribution < -0.4 is 0 Å². The van der Waals surface area contributed by atoms with Gasteiger partial charge in [-0.3, -0.25) is 5.10 Å². The predicted molar refractivity (Wildman–Crippen MR) is 41.8 cm³/mol. The van der Waals surface area contributed by atoms with Crippen LogP contribution in [0, 0.1) is 0 Å². The van der Waals surface area contributed by atoms with E-state index in [0.29, 0.717) is 5.57 Å². The second kappa shape index (κ2) is 3.77. The lowest BCUT2D eigenvalue weighted by atomic mass is 10.4. The van der Waals surface area contributed by atoms with Crippen molar-refractivity contribution in [2.45, 2.75) is 0 Å². The molecule has 0 saturated heterocycles. The fraction of sp³-hybridized carbons (Fsp3) is 0.286. The topological polar surface area (TPSA) is 67.2 Å². The van der Waals surface area contributed by atoms with Crippen molar-refractivity contribution in [3.8, 4) is 0 Å². The molecule has 1 aromatic rings. The number of ether oxygens (including phenoxy) is 1. The summed E-state index contributed by atoms with van der Waals surface area (Å²) in [5, 5.41) is 11.1. The smallest absolute Gasteiger partial charge is 0.433 e. The minimum atomic E-state index is -0.507. The Morgan fingerprint density at radius 3 is 2.83 bits per heavy atom. The van der Waals surface area contributed by atoms with E-state index in [9.17, 15) is 4.79 Å². The number of aromatic amines is 1. The Balaban J connectivity index is 2.27. The third-order valence-corrected chi connectivity index (χ3v) is 1.26. The molecule has 0 atom stereocenters. The van der Waals surface area contributed by atoms with Crippen LogP contribution in [0.25, 0.3) is 0 Å². The minimum absolute atomic E-state index is 0.0430. The fourth-order valence-electron chi connectivity index (χ4n) is 0.542. The van der Waals surface area contributed by atoms with Crippen LogP contribution in [0.15, 0.2) is 24.5 Å².